The van der Waals surface area contributed by atoms with E-state index in [9.17, 15) is 4.79 Å². The maximum Gasteiger partial charge on any atom is 0.243 e. The summed E-state index contributed by atoms with van der Waals surface area (Å²) >= 11 is 0. The minimum Gasteiger partial charge on any atom is -0.493 e. The van der Waals surface area contributed by atoms with Crippen LogP contribution in [0.25, 0.3) is 0 Å². The van der Waals surface area contributed by atoms with Crippen LogP contribution in [0.4, 0.5) is 0 Å². The van der Waals surface area contributed by atoms with Crippen molar-refractivity contribution < 1.29 is 14.3 Å². The zero-order chi connectivity index (χ0) is 16.0. The molecule has 0 spiro atoms. The number of carbonyl (C=O) groups excluding carboxylic acids is 1. The Morgan fingerprint density at radius 2 is 1.91 bits per heavy atom. The number of hydrogen-bond donors (Lipinski definition) is 1. The molecule has 0 radical (unpaired) electrons. The molecule has 0 saturated heterocycles. The summed E-state index contributed by atoms with van der Waals surface area (Å²) in [5.41, 5.74) is 1.17. The molecule has 1 aromatic carbocycles. The number of hydrogen-bond acceptors (Lipinski definition) is 3. The Bertz CT molecular complexity index is 533. The first-order valence-corrected chi connectivity index (χ1v) is 7.78. The van der Waals surface area contributed by atoms with Gasteiger partial charge in [-0.1, -0.05) is 31.9 Å². The second kappa shape index (κ2) is 7.34. The molecule has 0 aliphatic heterocycles. The smallest absolute Gasteiger partial charge is 0.243 e. The lowest BCUT2D eigenvalue weighted by molar-refractivity contribution is -0.116. The summed E-state index contributed by atoms with van der Waals surface area (Å²) in [4.78, 5) is 11.6. The highest BCUT2D eigenvalue weighted by Gasteiger charge is 2.34. The molecule has 120 valence electrons. The van der Waals surface area contributed by atoms with Crippen molar-refractivity contribution in [3.8, 4) is 11.5 Å². The fourth-order valence-electron chi connectivity index (χ4n) is 3.29. The summed E-state index contributed by atoms with van der Waals surface area (Å²) in [5.74, 6) is 1.35. The van der Waals surface area contributed by atoms with Crippen molar-refractivity contribution in [2.45, 2.75) is 37.5 Å². The lowest BCUT2D eigenvalue weighted by atomic mass is 9.69. The van der Waals surface area contributed by atoms with Crippen molar-refractivity contribution in [2.75, 3.05) is 20.8 Å². The predicted octanol–water partition coefficient (Wildman–Crippen LogP) is 3.21. The molecule has 2 rings (SSSR count). The van der Waals surface area contributed by atoms with Crippen LogP contribution < -0.4 is 14.8 Å². The van der Waals surface area contributed by atoms with Gasteiger partial charge in [-0.05, 0) is 36.6 Å². The molecule has 1 aliphatic rings. The van der Waals surface area contributed by atoms with Crippen molar-refractivity contribution in [3.63, 3.8) is 0 Å². The lowest BCUT2D eigenvalue weighted by Gasteiger charge is -2.38. The Kier molecular flexibility index (Phi) is 5.47. The maximum absolute atomic E-state index is 11.6. The highest BCUT2D eigenvalue weighted by molar-refractivity contribution is 5.86. The van der Waals surface area contributed by atoms with Crippen molar-refractivity contribution in [3.05, 3.63) is 36.4 Å². The molecule has 4 heteroatoms. The fourth-order valence-corrected chi connectivity index (χ4v) is 3.29. The molecule has 4 nitrogen and oxygen atoms in total. The molecule has 1 aromatic rings. The average Bonchev–Trinajstić information content (AvgIpc) is 2.59. The molecule has 1 aliphatic carbocycles. The molecule has 22 heavy (non-hydrogen) atoms. The van der Waals surface area contributed by atoms with Crippen LogP contribution in [0.5, 0.6) is 11.5 Å². The first-order chi connectivity index (χ1) is 10.6. The van der Waals surface area contributed by atoms with Gasteiger partial charge in [-0.2, -0.15) is 0 Å². The highest BCUT2D eigenvalue weighted by Crippen LogP contribution is 2.41. The monoisotopic (exact) mass is 303 g/mol. The third-order valence-electron chi connectivity index (χ3n) is 4.59. The van der Waals surface area contributed by atoms with Gasteiger partial charge < -0.3 is 14.8 Å². The molecular formula is C18H25NO3. The third-order valence-corrected chi connectivity index (χ3v) is 4.59. The van der Waals surface area contributed by atoms with E-state index in [0.29, 0.717) is 6.54 Å². The minimum atomic E-state index is -0.120. The summed E-state index contributed by atoms with van der Waals surface area (Å²) in [7, 11) is 3.28. The van der Waals surface area contributed by atoms with Crippen LogP contribution in [0.3, 0.4) is 0 Å². The molecular weight excluding hydrogens is 278 g/mol. The molecule has 0 atom stereocenters. The van der Waals surface area contributed by atoms with Crippen molar-refractivity contribution in [1.82, 2.24) is 5.32 Å². The quantitative estimate of drug-likeness (QED) is 0.821. The van der Waals surface area contributed by atoms with E-state index in [-0.39, 0.29) is 11.3 Å². The molecule has 0 aromatic heterocycles. The number of rotatable bonds is 6. The topological polar surface area (TPSA) is 47.6 Å². The molecule has 1 fully saturated rings. The van der Waals surface area contributed by atoms with E-state index in [2.05, 4.69) is 18.0 Å². The van der Waals surface area contributed by atoms with E-state index in [0.717, 1.165) is 24.3 Å². The number of amides is 1. The van der Waals surface area contributed by atoms with Crippen LogP contribution >= 0.6 is 0 Å². The average molecular weight is 303 g/mol. The van der Waals surface area contributed by atoms with E-state index < -0.39 is 0 Å². The standard InChI is InChI=1S/C18H25NO3/c1-4-17(20)19-13-18(10-6-5-7-11-18)14-8-9-15(21-2)16(12-14)22-3/h4,8-9,12H,1,5-7,10-11,13H2,2-3H3,(H,19,20). The van der Waals surface area contributed by atoms with E-state index in [1.54, 1.807) is 14.2 Å². The van der Waals surface area contributed by atoms with Gasteiger partial charge in [0.05, 0.1) is 14.2 Å². The maximum atomic E-state index is 11.6. The zero-order valence-corrected chi connectivity index (χ0v) is 13.5. The van der Waals surface area contributed by atoms with Crippen molar-refractivity contribution >= 4 is 5.91 Å². The van der Waals surface area contributed by atoms with Crippen LogP contribution in [0.15, 0.2) is 30.9 Å². The number of nitrogens with one attached hydrogen (secondary N) is 1. The van der Waals surface area contributed by atoms with Crippen LogP contribution in [0, 0.1) is 0 Å². The second-order valence-electron chi connectivity index (χ2n) is 5.83. The first kappa shape index (κ1) is 16.4. The van der Waals surface area contributed by atoms with Crippen LogP contribution in [-0.2, 0) is 10.2 Å². The van der Waals surface area contributed by atoms with Gasteiger partial charge in [-0.15, -0.1) is 0 Å². The van der Waals surface area contributed by atoms with Crippen molar-refractivity contribution in [2.24, 2.45) is 0 Å². The first-order valence-electron chi connectivity index (χ1n) is 7.78. The molecule has 1 amide bonds. The van der Waals surface area contributed by atoms with Crippen LogP contribution in [0.1, 0.15) is 37.7 Å². The highest BCUT2D eigenvalue weighted by atomic mass is 16.5. The molecule has 0 unspecified atom stereocenters. The van der Waals surface area contributed by atoms with Gasteiger partial charge in [-0.25, -0.2) is 0 Å². The largest absolute Gasteiger partial charge is 0.493 e. The Hall–Kier alpha value is -1.97. The van der Waals surface area contributed by atoms with E-state index >= 15 is 0 Å². The molecule has 1 N–H and O–H groups in total. The van der Waals surface area contributed by atoms with Crippen LogP contribution in [0.2, 0.25) is 0 Å². The van der Waals surface area contributed by atoms with Gasteiger partial charge in [0.25, 0.3) is 0 Å². The minimum absolute atomic E-state index is 0.0313. The zero-order valence-electron chi connectivity index (χ0n) is 13.5. The summed E-state index contributed by atoms with van der Waals surface area (Å²) in [6, 6.07) is 6.08. The Balaban J connectivity index is 2.32. The molecule has 0 heterocycles. The second-order valence-corrected chi connectivity index (χ2v) is 5.83. The van der Waals surface area contributed by atoms with Gasteiger partial charge >= 0.3 is 0 Å². The Labute approximate surface area is 132 Å². The number of ether oxygens (including phenoxy) is 2. The van der Waals surface area contributed by atoms with Gasteiger partial charge in [0.2, 0.25) is 5.91 Å². The number of benzene rings is 1. The normalized spacial score (nSPS) is 16.6. The number of methoxy groups -OCH3 is 2. The van der Waals surface area contributed by atoms with E-state index in [4.69, 9.17) is 9.47 Å². The van der Waals surface area contributed by atoms with Crippen molar-refractivity contribution in [1.29, 1.82) is 0 Å². The van der Waals surface area contributed by atoms with E-state index in [1.807, 2.05) is 12.1 Å². The summed E-state index contributed by atoms with van der Waals surface area (Å²) in [6.07, 6.45) is 7.08. The van der Waals surface area contributed by atoms with Gasteiger partial charge in [0.15, 0.2) is 11.5 Å². The lowest BCUT2D eigenvalue weighted by Crippen LogP contribution is -2.41. The predicted molar refractivity (Wildman–Crippen MR) is 87.5 cm³/mol. The summed E-state index contributed by atoms with van der Waals surface area (Å²) in [6.45, 7) is 4.15. The van der Waals surface area contributed by atoms with Gasteiger partial charge in [0.1, 0.15) is 0 Å². The summed E-state index contributed by atoms with van der Waals surface area (Å²) in [5, 5.41) is 2.98. The Morgan fingerprint density at radius 3 is 2.50 bits per heavy atom. The summed E-state index contributed by atoms with van der Waals surface area (Å²) < 4.78 is 10.8. The molecule has 0 bridgehead atoms. The molecule has 1 saturated carbocycles. The van der Waals surface area contributed by atoms with E-state index in [1.165, 1.54) is 30.9 Å². The SMILES string of the molecule is C=CC(=O)NCC1(c2ccc(OC)c(OC)c2)CCCCC1. The van der Waals surface area contributed by atoms with Gasteiger partial charge in [0, 0.05) is 12.0 Å². The fraction of sp³-hybridized carbons (Fsp3) is 0.500. The Morgan fingerprint density at radius 1 is 1.23 bits per heavy atom. The third kappa shape index (κ3) is 3.43. The number of carbonyl (C=O) groups is 1. The van der Waals surface area contributed by atoms with Crippen LogP contribution in [-0.4, -0.2) is 26.7 Å². The van der Waals surface area contributed by atoms with Gasteiger partial charge in [-0.3, -0.25) is 4.79 Å².